The van der Waals surface area contributed by atoms with Crippen LogP contribution in [0.15, 0.2) is 34.0 Å². The predicted molar refractivity (Wildman–Crippen MR) is 162 cm³/mol. The molecule has 6 N–H and O–H groups in total. The number of anilines is 1. The van der Waals surface area contributed by atoms with Crippen LogP contribution in [0.4, 0.5) is 5.82 Å². The first-order valence-electron chi connectivity index (χ1n) is 13.8. The monoisotopic (exact) mass is 593 g/mol. The van der Waals surface area contributed by atoms with E-state index in [-0.39, 0.29) is 45.9 Å². The van der Waals surface area contributed by atoms with Crippen molar-refractivity contribution in [1.82, 2.24) is 25.4 Å². The number of amides is 2. The van der Waals surface area contributed by atoms with Gasteiger partial charge in [-0.2, -0.15) is 0 Å². The van der Waals surface area contributed by atoms with Crippen LogP contribution in [-0.2, 0) is 4.79 Å². The average molecular weight is 595 g/mol. The molecule has 0 spiro atoms. The number of nitrogens with two attached hydrogens (primary N) is 2. The highest BCUT2D eigenvalue weighted by Gasteiger charge is 2.26. The van der Waals surface area contributed by atoms with E-state index in [1.807, 2.05) is 0 Å². The van der Waals surface area contributed by atoms with E-state index < -0.39 is 0 Å². The number of amidine groups is 1. The second-order valence-corrected chi connectivity index (χ2v) is 11.1. The summed E-state index contributed by atoms with van der Waals surface area (Å²) in [5.41, 5.74) is 12.4. The molecule has 1 aliphatic carbocycles. The Kier molecular flexibility index (Phi) is 12.0. The Morgan fingerprint density at radius 1 is 1.25 bits per heavy atom. The van der Waals surface area contributed by atoms with Crippen LogP contribution in [0.25, 0.3) is 0 Å². The van der Waals surface area contributed by atoms with Crippen LogP contribution in [0, 0.1) is 5.92 Å². The molecule has 1 aromatic rings. The molecule has 220 valence electrons. The fourth-order valence-electron chi connectivity index (χ4n) is 4.39. The Hall–Kier alpha value is -2.89. The number of carbonyl (C=O) groups is 2. The van der Waals surface area contributed by atoms with Crippen LogP contribution in [0.2, 0.25) is 5.15 Å². The molecule has 1 saturated heterocycles. The standard InChI is InChI=1S/C27H41Cl2N9O2/c1-4-17(2)16-38(26(24(29)32-3)36-22(30)15-23(39)34-19-5-6-19)14-11-33-18-9-12-37(13-10-18)27(40)20-7-8-21(28)35-25(20)31/h7-8,15,17-19,33H,4-6,9-14,16,30H2,1-3H3,(H2,31,35)(H,34,39)/b22-15+,32-24?,36-26+. The number of halogens is 2. The van der Waals surface area contributed by atoms with Gasteiger partial charge in [0.25, 0.3) is 5.91 Å². The molecule has 1 aliphatic heterocycles. The zero-order chi connectivity index (χ0) is 29.2. The Morgan fingerprint density at radius 3 is 2.55 bits per heavy atom. The molecule has 1 saturated carbocycles. The summed E-state index contributed by atoms with van der Waals surface area (Å²) < 4.78 is 0. The van der Waals surface area contributed by atoms with Crippen molar-refractivity contribution in [3.05, 3.63) is 34.7 Å². The number of pyridine rings is 1. The first kappa shape index (κ1) is 31.6. The maximum atomic E-state index is 12.9. The summed E-state index contributed by atoms with van der Waals surface area (Å²) in [5.74, 6) is 0.636. The molecule has 1 atom stereocenters. The summed E-state index contributed by atoms with van der Waals surface area (Å²) in [4.78, 5) is 41.6. The number of rotatable bonds is 12. The van der Waals surface area contributed by atoms with Crippen LogP contribution in [0.1, 0.15) is 56.3 Å². The number of nitrogens with zero attached hydrogens (tertiary/aromatic N) is 5. The number of aliphatic imine (C=N–C) groups is 2. The number of nitrogen functional groups attached to an aromatic ring is 1. The van der Waals surface area contributed by atoms with E-state index in [9.17, 15) is 9.59 Å². The molecule has 40 heavy (non-hydrogen) atoms. The summed E-state index contributed by atoms with van der Waals surface area (Å²) in [5, 5.41) is 6.97. The number of hydrogen-bond acceptors (Lipinski definition) is 8. The van der Waals surface area contributed by atoms with Gasteiger partial charge in [-0.25, -0.2) is 9.98 Å². The fraction of sp³-hybridized carbons (Fsp3) is 0.593. The van der Waals surface area contributed by atoms with E-state index in [0.29, 0.717) is 50.0 Å². The third kappa shape index (κ3) is 9.64. The molecule has 13 heteroatoms. The molecule has 2 aliphatic rings. The van der Waals surface area contributed by atoms with Crippen LogP contribution in [-0.4, -0.2) is 89.5 Å². The van der Waals surface area contributed by atoms with Crippen molar-refractivity contribution in [1.29, 1.82) is 0 Å². The number of piperidine rings is 1. The van der Waals surface area contributed by atoms with Crippen molar-refractivity contribution in [2.75, 3.05) is 45.5 Å². The van der Waals surface area contributed by atoms with Gasteiger partial charge in [0.1, 0.15) is 16.8 Å². The van der Waals surface area contributed by atoms with E-state index in [4.69, 9.17) is 34.7 Å². The summed E-state index contributed by atoms with van der Waals surface area (Å²) in [7, 11) is 1.60. The summed E-state index contributed by atoms with van der Waals surface area (Å²) in [6, 6.07) is 3.67. The minimum Gasteiger partial charge on any atom is -0.383 e. The zero-order valence-electron chi connectivity index (χ0n) is 23.5. The lowest BCUT2D eigenvalue weighted by Crippen LogP contribution is -2.48. The topological polar surface area (TPSA) is 154 Å². The number of likely N-dealkylation sites (tertiary alicyclic amines) is 1. The van der Waals surface area contributed by atoms with Crippen molar-refractivity contribution in [3.8, 4) is 0 Å². The predicted octanol–water partition coefficient (Wildman–Crippen LogP) is 2.60. The van der Waals surface area contributed by atoms with Crippen molar-refractivity contribution in [3.63, 3.8) is 0 Å². The summed E-state index contributed by atoms with van der Waals surface area (Å²) in [6.45, 7) is 7.50. The third-order valence-corrected chi connectivity index (χ3v) is 7.61. The van der Waals surface area contributed by atoms with E-state index in [1.54, 1.807) is 24.1 Å². The van der Waals surface area contributed by atoms with E-state index in [1.165, 1.54) is 6.08 Å². The lowest BCUT2D eigenvalue weighted by atomic mass is 10.0. The van der Waals surface area contributed by atoms with E-state index in [2.05, 4.69) is 44.3 Å². The zero-order valence-corrected chi connectivity index (χ0v) is 25.0. The van der Waals surface area contributed by atoms with Crippen LogP contribution >= 0.6 is 23.2 Å². The molecule has 0 radical (unpaired) electrons. The maximum absolute atomic E-state index is 12.9. The molecule has 11 nitrogen and oxygen atoms in total. The van der Waals surface area contributed by atoms with Crippen LogP contribution < -0.4 is 22.1 Å². The number of aromatic nitrogens is 1. The molecular weight excluding hydrogens is 553 g/mol. The fourth-order valence-corrected chi connectivity index (χ4v) is 4.70. The molecule has 1 unspecified atom stereocenters. The SMILES string of the molecule is CCC(C)CN(CCNC1CCN(C(=O)c2ccc(Cl)nc2N)CC1)/C(=N/C(N)=C/C(=O)NC1CC1)C(Cl)=NC. The highest BCUT2D eigenvalue weighted by Crippen LogP contribution is 2.20. The lowest BCUT2D eigenvalue weighted by Gasteiger charge is -2.34. The maximum Gasteiger partial charge on any atom is 0.257 e. The quantitative estimate of drug-likeness (QED) is 0.126. The number of nitrogens with one attached hydrogen (secondary N) is 2. The van der Waals surface area contributed by atoms with Gasteiger partial charge >= 0.3 is 0 Å². The smallest absolute Gasteiger partial charge is 0.257 e. The molecule has 1 aromatic heterocycles. The van der Waals surface area contributed by atoms with Gasteiger partial charge in [0, 0.05) is 57.9 Å². The average Bonchev–Trinajstić information content (AvgIpc) is 3.74. The van der Waals surface area contributed by atoms with Crippen molar-refractivity contribution in [2.24, 2.45) is 21.6 Å². The highest BCUT2D eigenvalue weighted by atomic mass is 35.5. The Labute approximate surface area is 246 Å². The molecule has 0 aromatic carbocycles. The third-order valence-electron chi connectivity index (χ3n) is 7.07. The largest absolute Gasteiger partial charge is 0.383 e. The van der Waals surface area contributed by atoms with Gasteiger partial charge in [0.2, 0.25) is 5.91 Å². The molecule has 2 fully saturated rings. The normalized spacial score (nSPS) is 18.0. The van der Waals surface area contributed by atoms with Gasteiger partial charge in [0.05, 0.1) is 5.56 Å². The molecule has 0 bridgehead atoms. The first-order valence-corrected chi connectivity index (χ1v) is 14.5. The Balaban J connectivity index is 1.60. The molecule has 3 rings (SSSR count). The number of hydrogen-bond donors (Lipinski definition) is 4. The molecule has 2 heterocycles. The van der Waals surface area contributed by atoms with Gasteiger partial charge in [-0.1, -0.05) is 43.5 Å². The first-order chi connectivity index (χ1) is 19.1. The Morgan fingerprint density at radius 2 is 1.95 bits per heavy atom. The Bertz CT molecular complexity index is 1130. The second-order valence-electron chi connectivity index (χ2n) is 10.3. The minimum atomic E-state index is -0.261. The minimum absolute atomic E-state index is 0.0747. The van der Waals surface area contributed by atoms with E-state index in [0.717, 1.165) is 32.1 Å². The van der Waals surface area contributed by atoms with Crippen molar-refractivity contribution >= 4 is 51.8 Å². The van der Waals surface area contributed by atoms with Gasteiger partial charge < -0.3 is 31.9 Å². The lowest BCUT2D eigenvalue weighted by molar-refractivity contribution is -0.116. The highest BCUT2D eigenvalue weighted by molar-refractivity contribution is 6.83. The van der Waals surface area contributed by atoms with Crippen molar-refractivity contribution < 1.29 is 9.59 Å². The van der Waals surface area contributed by atoms with Crippen molar-refractivity contribution in [2.45, 2.75) is 58.0 Å². The molecule has 2 amide bonds. The summed E-state index contributed by atoms with van der Waals surface area (Å²) in [6.07, 6.45) is 5.86. The van der Waals surface area contributed by atoms with Gasteiger partial charge in [-0.05, 0) is 43.7 Å². The van der Waals surface area contributed by atoms with Gasteiger partial charge in [-0.3, -0.25) is 14.6 Å². The molecular formula is C27H41Cl2N9O2. The second kappa shape index (κ2) is 15.2. The van der Waals surface area contributed by atoms with Crippen LogP contribution in [0.3, 0.4) is 0 Å². The van der Waals surface area contributed by atoms with Gasteiger partial charge in [0.15, 0.2) is 11.0 Å². The number of carbonyl (C=O) groups excluding carboxylic acids is 2. The van der Waals surface area contributed by atoms with Gasteiger partial charge in [-0.15, -0.1) is 0 Å². The van der Waals surface area contributed by atoms with E-state index >= 15 is 0 Å². The van der Waals surface area contributed by atoms with Crippen LogP contribution in [0.5, 0.6) is 0 Å². The summed E-state index contributed by atoms with van der Waals surface area (Å²) >= 11 is 12.4.